The first-order chi connectivity index (χ1) is 6.06. The maximum atomic E-state index is 11.6. The molecular weight excluding hydrogens is 206 g/mol. The molecule has 5 heteroatoms. The number of thiophene rings is 1. The van der Waals surface area contributed by atoms with Crippen molar-refractivity contribution in [3.63, 3.8) is 0 Å². The maximum absolute atomic E-state index is 11.6. The van der Waals surface area contributed by atoms with E-state index in [0.717, 1.165) is 0 Å². The van der Waals surface area contributed by atoms with Gasteiger partial charge in [-0.05, 0) is 25.4 Å². The first kappa shape index (κ1) is 10.7. The molecule has 0 radical (unpaired) electrons. The van der Waals surface area contributed by atoms with Gasteiger partial charge in [-0.3, -0.25) is 0 Å². The van der Waals surface area contributed by atoms with Crippen LogP contribution in [-0.2, 0) is 9.84 Å². The second-order valence-electron chi connectivity index (χ2n) is 2.90. The zero-order valence-corrected chi connectivity index (χ0v) is 9.28. The Morgan fingerprint density at radius 3 is 2.77 bits per heavy atom. The predicted molar refractivity (Wildman–Crippen MR) is 54.9 cm³/mol. The monoisotopic (exact) mass is 219 g/mol. The lowest BCUT2D eigenvalue weighted by molar-refractivity contribution is 0.580. The van der Waals surface area contributed by atoms with Gasteiger partial charge in [0.1, 0.15) is 4.21 Å². The molecule has 3 nitrogen and oxygen atoms in total. The van der Waals surface area contributed by atoms with Crippen LogP contribution in [0.25, 0.3) is 0 Å². The first-order valence-electron chi connectivity index (χ1n) is 4.00. The molecule has 0 fully saturated rings. The summed E-state index contributed by atoms with van der Waals surface area (Å²) >= 11 is 1.27. The Bertz CT molecular complexity index is 342. The first-order valence-corrected chi connectivity index (χ1v) is 6.53. The van der Waals surface area contributed by atoms with Crippen LogP contribution in [0.5, 0.6) is 0 Å². The van der Waals surface area contributed by atoms with E-state index in [9.17, 15) is 8.42 Å². The lowest BCUT2D eigenvalue weighted by Gasteiger charge is -2.08. The molecule has 1 aromatic rings. The maximum Gasteiger partial charge on any atom is 0.189 e. The van der Waals surface area contributed by atoms with Crippen LogP contribution in [0, 0.1) is 0 Å². The summed E-state index contributed by atoms with van der Waals surface area (Å²) in [5.41, 5.74) is 0. The summed E-state index contributed by atoms with van der Waals surface area (Å²) in [6, 6.07) is 3.39. The number of hydrogen-bond donors (Lipinski definition) is 1. The Hall–Kier alpha value is -0.390. The molecule has 0 bridgehead atoms. The summed E-state index contributed by atoms with van der Waals surface area (Å²) in [7, 11) is -1.31. The smallest absolute Gasteiger partial charge is 0.189 e. The van der Waals surface area contributed by atoms with Gasteiger partial charge in [-0.15, -0.1) is 11.3 Å². The Kier molecular flexibility index (Phi) is 3.47. The van der Waals surface area contributed by atoms with Gasteiger partial charge in [-0.25, -0.2) is 8.42 Å². The van der Waals surface area contributed by atoms with Crippen molar-refractivity contribution < 1.29 is 8.42 Å². The molecule has 74 valence electrons. The fraction of sp³-hybridized carbons (Fsp3) is 0.500. The van der Waals surface area contributed by atoms with Gasteiger partial charge in [-0.2, -0.15) is 0 Å². The van der Waals surface area contributed by atoms with Crippen LogP contribution in [0.1, 0.15) is 6.92 Å². The van der Waals surface area contributed by atoms with Crippen molar-refractivity contribution in [1.29, 1.82) is 0 Å². The lowest BCUT2D eigenvalue weighted by atomic mass is 10.4. The number of hydrogen-bond acceptors (Lipinski definition) is 4. The Morgan fingerprint density at radius 2 is 2.31 bits per heavy atom. The molecule has 0 aromatic carbocycles. The van der Waals surface area contributed by atoms with Crippen LogP contribution in [-0.4, -0.2) is 27.3 Å². The second kappa shape index (κ2) is 4.21. The van der Waals surface area contributed by atoms with Crippen molar-refractivity contribution in [1.82, 2.24) is 5.32 Å². The quantitative estimate of drug-likeness (QED) is 0.825. The minimum atomic E-state index is -3.07. The minimum Gasteiger partial charge on any atom is -0.316 e. The van der Waals surface area contributed by atoms with Gasteiger partial charge in [0.05, 0.1) is 5.75 Å². The van der Waals surface area contributed by atoms with E-state index < -0.39 is 9.84 Å². The summed E-state index contributed by atoms with van der Waals surface area (Å²) in [6.45, 7) is 1.85. The van der Waals surface area contributed by atoms with Gasteiger partial charge in [0, 0.05) is 6.04 Å². The fourth-order valence-electron chi connectivity index (χ4n) is 0.935. The Labute approximate surface area is 82.7 Å². The normalized spacial score (nSPS) is 14.3. The predicted octanol–water partition coefficient (Wildman–Crippen LogP) is 1.13. The van der Waals surface area contributed by atoms with Crippen molar-refractivity contribution in [2.24, 2.45) is 0 Å². The average molecular weight is 219 g/mol. The third kappa shape index (κ3) is 2.79. The molecule has 0 aliphatic carbocycles. The van der Waals surface area contributed by atoms with Gasteiger partial charge in [0.2, 0.25) is 0 Å². The van der Waals surface area contributed by atoms with Gasteiger partial charge in [0.15, 0.2) is 9.84 Å². The molecule has 13 heavy (non-hydrogen) atoms. The summed E-state index contributed by atoms with van der Waals surface area (Å²) in [6.07, 6.45) is 0. The van der Waals surface area contributed by atoms with Crippen LogP contribution < -0.4 is 5.32 Å². The molecule has 1 rings (SSSR count). The van der Waals surface area contributed by atoms with E-state index in [1.807, 2.05) is 6.92 Å². The van der Waals surface area contributed by atoms with E-state index in [-0.39, 0.29) is 11.8 Å². The molecule has 1 atom stereocenters. The summed E-state index contributed by atoms with van der Waals surface area (Å²) in [5.74, 6) is 0.157. The van der Waals surface area contributed by atoms with Crippen LogP contribution in [0.15, 0.2) is 21.7 Å². The average Bonchev–Trinajstić information content (AvgIpc) is 2.55. The number of rotatable bonds is 4. The van der Waals surface area contributed by atoms with E-state index in [1.54, 1.807) is 24.6 Å². The van der Waals surface area contributed by atoms with E-state index in [0.29, 0.717) is 4.21 Å². The minimum absolute atomic E-state index is 0.00731. The molecule has 0 saturated heterocycles. The summed E-state index contributed by atoms with van der Waals surface area (Å²) in [5, 5.41) is 4.68. The largest absolute Gasteiger partial charge is 0.316 e. The van der Waals surface area contributed by atoms with Crippen molar-refractivity contribution in [2.75, 3.05) is 12.8 Å². The van der Waals surface area contributed by atoms with Crippen molar-refractivity contribution in [3.05, 3.63) is 17.5 Å². The van der Waals surface area contributed by atoms with E-state index in [4.69, 9.17) is 0 Å². The van der Waals surface area contributed by atoms with E-state index in [1.165, 1.54) is 11.3 Å². The van der Waals surface area contributed by atoms with Crippen molar-refractivity contribution >= 4 is 21.2 Å². The SMILES string of the molecule is CNC(C)CS(=O)(=O)c1cccs1. The molecule has 0 amide bonds. The molecule has 1 heterocycles. The van der Waals surface area contributed by atoms with Crippen LogP contribution in [0.4, 0.5) is 0 Å². The van der Waals surface area contributed by atoms with Crippen LogP contribution in [0.3, 0.4) is 0 Å². The second-order valence-corrected chi connectivity index (χ2v) is 6.11. The zero-order valence-electron chi connectivity index (χ0n) is 7.65. The molecule has 0 spiro atoms. The zero-order chi connectivity index (χ0) is 9.90. The molecule has 0 aliphatic rings. The Balaban J connectivity index is 2.79. The van der Waals surface area contributed by atoms with Crippen molar-refractivity contribution in [3.8, 4) is 0 Å². The lowest BCUT2D eigenvalue weighted by Crippen LogP contribution is -2.29. The summed E-state index contributed by atoms with van der Waals surface area (Å²) < 4.78 is 23.7. The van der Waals surface area contributed by atoms with Gasteiger partial charge in [0.25, 0.3) is 0 Å². The molecule has 1 N–H and O–H groups in total. The van der Waals surface area contributed by atoms with Gasteiger partial charge >= 0.3 is 0 Å². The highest BCUT2D eigenvalue weighted by Crippen LogP contribution is 2.17. The van der Waals surface area contributed by atoms with Crippen LogP contribution >= 0.6 is 11.3 Å². The Morgan fingerprint density at radius 1 is 1.62 bits per heavy atom. The summed E-state index contributed by atoms with van der Waals surface area (Å²) in [4.78, 5) is 0. The molecule has 0 aliphatic heterocycles. The molecular formula is C8H13NO2S2. The highest BCUT2D eigenvalue weighted by molar-refractivity contribution is 7.93. The topological polar surface area (TPSA) is 46.2 Å². The highest BCUT2D eigenvalue weighted by atomic mass is 32.2. The van der Waals surface area contributed by atoms with E-state index in [2.05, 4.69) is 5.32 Å². The standard InChI is InChI=1S/C8H13NO2S2/c1-7(9-2)6-13(10,11)8-4-3-5-12-8/h3-5,7,9H,6H2,1-2H3. The van der Waals surface area contributed by atoms with Gasteiger partial charge in [-0.1, -0.05) is 6.07 Å². The number of sulfone groups is 1. The number of nitrogens with one attached hydrogen (secondary N) is 1. The third-order valence-electron chi connectivity index (χ3n) is 1.76. The third-order valence-corrected chi connectivity index (χ3v) is 5.16. The van der Waals surface area contributed by atoms with Crippen molar-refractivity contribution in [2.45, 2.75) is 17.2 Å². The molecule has 0 saturated carbocycles. The van der Waals surface area contributed by atoms with Crippen LogP contribution in [0.2, 0.25) is 0 Å². The fourth-order valence-corrected chi connectivity index (χ4v) is 3.62. The molecule has 1 unspecified atom stereocenters. The van der Waals surface area contributed by atoms with Gasteiger partial charge < -0.3 is 5.32 Å². The van der Waals surface area contributed by atoms with E-state index >= 15 is 0 Å². The molecule has 1 aromatic heterocycles. The highest BCUT2D eigenvalue weighted by Gasteiger charge is 2.17.